The van der Waals surface area contributed by atoms with Crippen LogP contribution in [0.3, 0.4) is 0 Å². The van der Waals surface area contributed by atoms with Crippen LogP contribution in [-0.2, 0) is 16.6 Å². The minimum absolute atomic E-state index is 0. The van der Waals surface area contributed by atoms with Gasteiger partial charge >= 0.3 is 0 Å². The fourth-order valence-corrected chi connectivity index (χ4v) is 6.52. The zero-order valence-electron chi connectivity index (χ0n) is 19.9. The molecule has 0 bridgehead atoms. The number of hydrogen-bond acceptors (Lipinski definition) is 5. The van der Waals surface area contributed by atoms with Crippen LogP contribution in [0.15, 0.2) is 46.3 Å². The molecule has 1 spiro atoms. The number of piperidine rings is 1. The molecule has 0 aliphatic carbocycles. The number of nitrogens with zero attached hydrogens (tertiary/aromatic N) is 2. The van der Waals surface area contributed by atoms with E-state index in [1.165, 1.54) is 11.1 Å². The summed E-state index contributed by atoms with van der Waals surface area (Å²) in [5.74, 6) is 0.964. The second kappa shape index (κ2) is 10.1. The van der Waals surface area contributed by atoms with E-state index in [1.54, 1.807) is 4.31 Å². The first-order chi connectivity index (χ1) is 15.2. The van der Waals surface area contributed by atoms with Crippen LogP contribution in [0.25, 0.3) is 0 Å². The summed E-state index contributed by atoms with van der Waals surface area (Å²) in [4.78, 5) is 5.24. The van der Waals surface area contributed by atoms with Crippen molar-refractivity contribution < 1.29 is 8.42 Å². The normalized spacial score (nSPS) is 18.5. The summed E-state index contributed by atoms with van der Waals surface area (Å²) in [5.41, 5.74) is 5.15. The summed E-state index contributed by atoms with van der Waals surface area (Å²) in [6.45, 7) is 11.2. The standard InChI is InChI=1S/C25H34N4O2S.ClH/c1-18-7-5-6-8-22(18)17-27-24-25(28-12-11-26-24)9-13-29(14-10-25)32(30,31)23-16-20(3)19(2)15-21(23)4;/h5-8,15-16,28H,9-14,17H2,1-4H3,(H,26,27);1H. The van der Waals surface area contributed by atoms with Crippen LogP contribution < -0.4 is 10.6 Å². The predicted octanol–water partition coefficient (Wildman–Crippen LogP) is 3.66. The number of aryl methyl sites for hydroxylation is 4. The van der Waals surface area contributed by atoms with E-state index in [-0.39, 0.29) is 17.9 Å². The fourth-order valence-electron chi connectivity index (χ4n) is 4.78. The monoisotopic (exact) mass is 490 g/mol. The average molecular weight is 491 g/mol. The average Bonchev–Trinajstić information content (AvgIpc) is 2.77. The second-order valence-electron chi connectivity index (χ2n) is 9.13. The fraction of sp³-hybridized carbons (Fsp3) is 0.480. The van der Waals surface area contributed by atoms with E-state index < -0.39 is 10.0 Å². The highest BCUT2D eigenvalue weighted by Crippen LogP contribution is 2.31. The molecule has 2 aromatic carbocycles. The lowest BCUT2D eigenvalue weighted by molar-refractivity contribution is 0.241. The lowest BCUT2D eigenvalue weighted by Gasteiger charge is -2.44. The van der Waals surface area contributed by atoms with Gasteiger partial charge in [0.05, 0.1) is 17.0 Å². The van der Waals surface area contributed by atoms with Crippen LogP contribution in [0.5, 0.6) is 0 Å². The van der Waals surface area contributed by atoms with Gasteiger partial charge in [-0.25, -0.2) is 8.42 Å². The van der Waals surface area contributed by atoms with E-state index in [4.69, 9.17) is 4.99 Å². The van der Waals surface area contributed by atoms with Gasteiger partial charge in [-0.1, -0.05) is 30.3 Å². The molecule has 2 aliphatic rings. The van der Waals surface area contributed by atoms with Crippen LogP contribution in [0.1, 0.15) is 40.7 Å². The Morgan fingerprint density at radius 2 is 1.67 bits per heavy atom. The van der Waals surface area contributed by atoms with E-state index in [9.17, 15) is 8.42 Å². The molecule has 0 amide bonds. The van der Waals surface area contributed by atoms with Crippen molar-refractivity contribution in [3.63, 3.8) is 0 Å². The number of amidine groups is 1. The van der Waals surface area contributed by atoms with Gasteiger partial charge in [-0.05, 0) is 74.4 Å². The maximum atomic E-state index is 13.4. The van der Waals surface area contributed by atoms with Crippen molar-refractivity contribution in [2.45, 2.75) is 57.5 Å². The van der Waals surface area contributed by atoms with Gasteiger partial charge in [0.2, 0.25) is 10.0 Å². The van der Waals surface area contributed by atoms with Crippen LogP contribution in [0, 0.1) is 27.7 Å². The Morgan fingerprint density at radius 1 is 1.00 bits per heavy atom. The van der Waals surface area contributed by atoms with E-state index in [0.29, 0.717) is 30.8 Å². The molecule has 0 atom stereocenters. The number of halogens is 1. The molecule has 0 radical (unpaired) electrons. The molecule has 0 unspecified atom stereocenters. The topological polar surface area (TPSA) is 73.8 Å². The molecule has 6 nitrogen and oxygen atoms in total. The van der Waals surface area contributed by atoms with Crippen LogP contribution in [0.4, 0.5) is 0 Å². The molecule has 8 heteroatoms. The van der Waals surface area contributed by atoms with Crippen molar-refractivity contribution in [2.24, 2.45) is 4.99 Å². The maximum absolute atomic E-state index is 13.4. The molecule has 0 aromatic heterocycles. The summed E-state index contributed by atoms with van der Waals surface area (Å²) in [6, 6.07) is 12.1. The Balaban J connectivity index is 0.00000306. The summed E-state index contributed by atoms with van der Waals surface area (Å²) in [5, 5.41) is 7.23. The van der Waals surface area contributed by atoms with Gasteiger partial charge in [0, 0.05) is 26.2 Å². The molecule has 2 aliphatic heterocycles. The summed E-state index contributed by atoms with van der Waals surface area (Å²) >= 11 is 0. The molecule has 180 valence electrons. The summed E-state index contributed by atoms with van der Waals surface area (Å²) < 4.78 is 28.5. The van der Waals surface area contributed by atoms with Crippen molar-refractivity contribution in [1.29, 1.82) is 0 Å². The molecule has 1 saturated heterocycles. The number of aliphatic imine (C=N–C) groups is 1. The highest BCUT2D eigenvalue weighted by atomic mass is 35.5. The first-order valence-corrected chi connectivity index (χ1v) is 12.8. The van der Waals surface area contributed by atoms with Crippen molar-refractivity contribution in [1.82, 2.24) is 14.9 Å². The predicted molar refractivity (Wildman–Crippen MR) is 137 cm³/mol. The molecule has 2 N–H and O–H groups in total. The first kappa shape index (κ1) is 25.7. The van der Waals surface area contributed by atoms with Crippen LogP contribution >= 0.6 is 12.4 Å². The summed E-state index contributed by atoms with van der Waals surface area (Å²) in [7, 11) is -3.52. The third-order valence-electron chi connectivity index (χ3n) is 6.99. The van der Waals surface area contributed by atoms with Crippen molar-refractivity contribution in [3.8, 4) is 0 Å². The molecule has 0 saturated carbocycles. The zero-order valence-corrected chi connectivity index (χ0v) is 21.6. The lowest BCUT2D eigenvalue weighted by Crippen LogP contribution is -2.64. The van der Waals surface area contributed by atoms with Crippen molar-refractivity contribution in [3.05, 3.63) is 64.2 Å². The van der Waals surface area contributed by atoms with Gasteiger partial charge in [-0.15, -0.1) is 12.4 Å². The van der Waals surface area contributed by atoms with E-state index in [0.717, 1.165) is 42.2 Å². The van der Waals surface area contributed by atoms with Gasteiger partial charge in [-0.3, -0.25) is 4.99 Å². The van der Waals surface area contributed by atoms with Crippen molar-refractivity contribution in [2.75, 3.05) is 26.2 Å². The van der Waals surface area contributed by atoms with Crippen LogP contribution in [-0.4, -0.2) is 50.3 Å². The van der Waals surface area contributed by atoms with E-state index in [2.05, 4.69) is 35.8 Å². The van der Waals surface area contributed by atoms with Gasteiger partial charge in [0.1, 0.15) is 5.84 Å². The van der Waals surface area contributed by atoms with Crippen LogP contribution in [0.2, 0.25) is 0 Å². The first-order valence-electron chi connectivity index (χ1n) is 11.4. The van der Waals surface area contributed by atoms with E-state index in [1.807, 2.05) is 39.0 Å². The smallest absolute Gasteiger partial charge is 0.243 e. The Morgan fingerprint density at radius 3 is 2.36 bits per heavy atom. The molecule has 1 fully saturated rings. The molecule has 33 heavy (non-hydrogen) atoms. The lowest BCUT2D eigenvalue weighted by atomic mass is 9.85. The minimum Gasteiger partial charge on any atom is -0.368 e. The highest BCUT2D eigenvalue weighted by Gasteiger charge is 2.43. The summed E-state index contributed by atoms with van der Waals surface area (Å²) in [6.07, 6.45) is 1.41. The Bertz CT molecular complexity index is 1140. The number of rotatable bonds is 4. The number of benzene rings is 2. The van der Waals surface area contributed by atoms with Gasteiger partial charge in [-0.2, -0.15) is 4.31 Å². The quantitative estimate of drug-likeness (QED) is 0.686. The second-order valence-corrected chi connectivity index (χ2v) is 11.0. The van der Waals surface area contributed by atoms with Gasteiger partial charge < -0.3 is 10.6 Å². The Kier molecular flexibility index (Phi) is 7.89. The van der Waals surface area contributed by atoms with Gasteiger partial charge in [0.15, 0.2) is 0 Å². The maximum Gasteiger partial charge on any atom is 0.243 e. The molecule has 2 aromatic rings. The molecular weight excluding hydrogens is 456 g/mol. The number of hydrogen-bond donors (Lipinski definition) is 2. The highest BCUT2D eigenvalue weighted by molar-refractivity contribution is 7.89. The molecular formula is C25H35ClN4O2S. The van der Waals surface area contributed by atoms with E-state index >= 15 is 0 Å². The zero-order chi connectivity index (χ0) is 22.9. The Labute approximate surface area is 204 Å². The molecule has 4 rings (SSSR count). The van der Waals surface area contributed by atoms with Gasteiger partial charge in [0.25, 0.3) is 0 Å². The third-order valence-corrected chi connectivity index (χ3v) is 9.03. The Hall–Kier alpha value is -1.93. The number of nitrogens with one attached hydrogen (secondary N) is 2. The third kappa shape index (κ3) is 5.11. The molecule has 2 heterocycles. The SMILES string of the molecule is Cc1cc(C)c(S(=O)(=O)N2CCC3(CC2)NCCN=C3NCc2ccccc2C)cc1C.Cl. The number of sulfonamides is 1. The largest absolute Gasteiger partial charge is 0.368 e. The minimum atomic E-state index is -3.52. The van der Waals surface area contributed by atoms with Crippen molar-refractivity contribution >= 4 is 28.3 Å².